The number of nitrogens with zero attached hydrogens (tertiary/aromatic N) is 8. The number of hydrogen-bond donors (Lipinski definition) is 0. The number of aromatic nitrogens is 6. The number of amides is 2. The van der Waals surface area contributed by atoms with Crippen LogP contribution < -0.4 is 28.7 Å². The van der Waals surface area contributed by atoms with Crippen LogP contribution in [-0.4, -0.2) is 80.6 Å². The molecule has 0 atom stereocenters. The van der Waals surface area contributed by atoms with Crippen LogP contribution in [0.1, 0.15) is 51.4 Å². The number of carbonyl (C=O) groups is 4. The molecule has 0 saturated carbocycles. The quantitative estimate of drug-likeness (QED) is 0.130. The minimum atomic E-state index is -0.773. The van der Waals surface area contributed by atoms with Crippen molar-refractivity contribution in [1.82, 2.24) is 29.1 Å². The van der Waals surface area contributed by atoms with Gasteiger partial charge >= 0.3 is 30.3 Å². The standard InChI is InChI=1S/C13H14N4O3.C11H12N4O.C4H9.C2H3ClO2.Li/c1-16(9-5-4-6-14-7-9)12(18)10-8-15-11(17(10)2)13(19)20-3;1-14-8-13-7-10(14)11(16)15(2)9-4-3-5-12-6-9;1-3-4-2;1-5-2(3)4;/h4-8H,1-3H3;3-8H,1-2H3;1,3-4H2,2H3;1H3;/q;;-1;;+1. The van der Waals surface area contributed by atoms with Crippen molar-refractivity contribution in [3.8, 4) is 0 Å². The molecule has 242 valence electrons. The minimum Gasteiger partial charge on any atom is -0.463 e. The third-order valence-electron chi connectivity index (χ3n) is 5.80. The summed E-state index contributed by atoms with van der Waals surface area (Å²) in [7, 11) is 9.20. The van der Waals surface area contributed by atoms with Crippen LogP contribution in [0.3, 0.4) is 0 Å². The number of anilines is 2. The Morgan fingerprint density at radius 1 is 0.848 bits per heavy atom. The van der Waals surface area contributed by atoms with E-state index in [2.05, 4.69) is 54.9 Å². The summed E-state index contributed by atoms with van der Waals surface area (Å²) in [5, 5.41) is 0. The van der Waals surface area contributed by atoms with Crippen molar-refractivity contribution in [2.75, 3.05) is 38.1 Å². The molecule has 4 rings (SSSR count). The number of methoxy groups -OCH3 is 2. The van der Waals surface area contributed by atoms with Gasteiger partial charge in [0.05, 0.1) is 56.7 Å². The number of imidazole rings is 2. The van der Waals surface area contributed by atoms with E-state index >= 15 is 0 Å². The Morgan fingerprint density at radius 3 is 1.67 bits per heavy atom. The van der Waals surface area contributed by atoms with Crippen molar-refractivity contribution >= 4 is 46.2 Å². The van der Waals surface area contributed by atoms with Crippen LogP contribution in [-0.2, 0) is 23.6 Å². The number of halogens is 1. The van der Waals surface area contributed by atoms with Crippen molar-refractivity contribution < 1.29 is 47.5 Å². The number of carbonyl (C=O) groups excluding carboxylic acids is 4. The SMILES string of the molecule is CN(C(=O)c1cncn1C)c1cccnc1.COC(=O)Cl.COC(=O)c1ncc(C(=O)N(C)c2cccnc2)n1C.[CH2-]CCC.[Li+]. The van der Waals surface area contributed by atoms with Gasteiger partial charge in [-0.3, -0.25) is 19.6 Å². The van der Waals surface area contributed by atoms with Gasteiger partial charge in [0, 0.05) is 52.2 Å². The molecule has 0 saturated heterocycles. The fourth-order valence-electron chi connectivity index (χ4n) is 3.13. The van der Waals surface area contributed by atoms with Crippen LogP contribution in [0.4, 0.5) is 16.2 Å². The van der Waals surface area contributed by atoms with Gasteiger partial charge in [0.2, 0.25) is 5.82 Å². The number of pyridine rings is 2. The van der Waals surface area contributed by atoms with Gasteiger partial charge in [-0.25, -0.2) is 19.6 Å². The summed E-state index contributed by atoms with van der Waals surface area (Å²) in [4.78, 5) is 64.0. The molecule has 0 radical (unpaired) electrons. The van der Waals surface area contributed by atoms with Crippen LogP contribution in [0.2, 0.25) is 0 Å². The molecule has 46 heavy (non-hydrogen) atoms. The topological polar surface area (TPSA) is 155 Å². The third-order valence-corrected chi connectivity index (χ3v) is 5.96. The zero-order valence-corrected chi connectivity index (χ0v) is 28.1. The van der Waals surface area contributed by atoms with E-state index in [1.165, 1.54) is 36.3 Å². The third kappa shape index (κ3) is 12.8. The van der Waals surface area contributed by atoms with Gasteiger partial charge in [0.25, 0.3) is 11.8 Å². The monoisotopic (exact) mass is 648 g/mol. The van der Waals surface area contributed by atoms with Crippen molar-refractivity contribution in [1.29, 1.82) is 0 Å². The molecular weight excluding hydrogens is 611 g/mol. The second-order valence-corrected chi connectivity index (χ2v) is 9.16. The van der Waals surface area contributed by atoms with Crippen LogP contribution >= 0.6 is 11.6 Å². The first-order chi connectivity index (χ1) is 21.4. The first-order valence-electron chi connectivity index (χ1n) is 13.4. The fourth-order valence-corrected chi connectivity index (χ4v) is 3.13. The zero-order chi connectivity index (χ0) is 33.9. The molecule has 4 aromatic heterocycles. The van der Waals surface area contributed by atoms with Crippen molar-refractivity contribution in [3.63, 3.8) is 0 Å². The molecule has 0 aliphatic rings. The average Bonchev–Trinajstić information content (AvgIpc) is 3.69. The Hall–Kier alpha value is -4.51. The molecule has 0 aromatic carbocycles. The van der Waals surface area contributed by atoms with Crippen molar-refractivity contribution in [2.45, 2.75) is 19.8 Å². The maximum atomic E-state index is 12.4. The smallest absolute Gasteiger partial charge is 0.463 e. The predicted octanol–water partition coefficient (Wildman–Crippen LogP) is 1.59. The molecule has 16 heteroatoms. The van der Waals surface area contributed by atoms with Crippen LogP contribution in [0.15, 0.2) is 67.8 Å². The summed E-state index contributed by atoms with van der Waals surface area (Å²) in [6.07, 6.45) is 13.3. The van der Waals surface area contributed by atoms with Crippen molar-refractivity contribution in [2.24, 2.45) is 14.1 Å². The van der Waals surface area contributed by atoms with E-state index in [0.717, 1.165) is 12.1 Å². The first kappa shape index (κ1) is 41.5. The van der Waals surface area contributed by atoms with E-state index in [0.29, 0.717) is 11.4 Å². The Bertz CT molecular complexity index is 1500. The Kier molecular flexibility index (Phi) is 19.9. The number of hydrogen-bond acceptors (Lipinski definition) is 10. The Labute approximate surface area is 285 Å². The Morgan fingerprint density at radius 2 is 1.33 bits per heavy atom. The number of aryl methyl sites for hydroxylation is 1. The molecular formula is C30H38ClLiN8O6. The minimum absolute atomic E-state index is 0. The summed E-state index contributed by atoms with van der Waals surface area (Å²) in [6, 6.07) is 7.13. The molecule has 0 N–H and O–H groups in total. The van der Waals surface area contributed by atoms with Gasteiger partial charge in [-0.1, -0.05) is 13.3 Å². The van der Waals surface area contributed by atoms with Gasteiger partial charge < -0.3 is 35.3 Å². The molecule has 0 spiro atoms. The molecule has 0 fully saturated rings. The van der Waals surface area contributed by atoms with Gasteiger partial charge in [-0.05, 0) is 24.3 Å². The molecule has 0 unspecified atom stereocenters. The number of unbranched alkanes of at least 4 members (excludes halogenated alkanes) is 1. The molecule has 4 aromatic rings. The van der Waals surface area contributed by atoms with Gasteiger partial charge in [0.1, 0.15) is 11.4 Å². The van der Waals surface area contributed by atoms with Crippen molar-refractivity contribution in [3.05, 3.63) is 91.9 Å². The largest absolute Gasteiger partial charge is 1.00 e. The normalized spacial score (nSPS) is 9.33. The molecule has 0 aliphatic carbocycles. The first-order valence-corrected chi connectivity index (χ1v) is 13.8. The van der Waals surface area contributed by atoms with E-state index in [-0.39, 0.29) is 42.2 Å². The summed E-state index contributed by atoms with van der Waals surface area (Å²) in [5.41, 5.74) is 1.47. The Balaban J connectivity index is 0.000000695. The average molecular weight is 649 g/mol. The van der Waals surface area contributed by atoms with E-state index in [1.807, 2.05) is 6.07 Å². The van der Waals surface area contributed by atoms with Gasteiger partial charge in [-0.2, -0.15) is 6.42 Å². The summed E-state index contributed by atoms with van der Waals surface area (Å²) < 4.78 is 11.6. The van der Waals surface area contributed by atoms with E-state index in [4.69, 9.17) is 0 Å². The predicted molar refractivity (Wildman–Crippen MR) is 170 cm³/mol. The van der Waals surface area contributed by atoms with E-state index in [1.54, 1.807) is 93.2 Å². The number of ether oxygens (including phenoxy) is 2. The maximum absolute atomic E-state index is 12.4. The second kappa shape index (κ2) is 22.1. The van der Waals surface area contributed by atoms with Gasteiger partial charge in [0.15, 0.2) is 0 Å². The fraction of sp³-hybridized carbons (Fsp3) is 0.300. The van der Waals surface area contributed by atoms with Crippen LogP contribution in [0.25, 0.3) is 0 Å². The molecule has 4 heterocycles. The molecule has 2 amide bonds. The maximum Gasteiger partial charge on any atom is 1.00 e. The van der Waals surface area contributed by atoms with E-state index in [9.17, 15) is 19.2 Å². The van der Waals surface area contributed by atoms with Crippen LogP contribution in [0.5, 0.6) is 0 Å². The van der Waals surface area contributed by atoms with Crippen LogP contribution in [0, 0.1) is 6.92 Å². The summed E-state index contributed by atoms with van der Waals surface area (Å²) >= 11 is 4.60. The number of rotatable bonds is 6. The molecule has 0 aliphatic heterocycles. The summed E-state index contributed by atoms with van der Waals surface area (Å²) in [5.74, 6) is -0.901. The zero-order valence-electron chi connectivity index (χ0n) is 27.4. The summed E-state index contributed by atoms with van der Waals surface area (Å²) in [6.45, 7) is 5.72. The van der Waals surface area contributed by atoms with E-state index < -0.39 is 11.4 Å². The van der Waals surface area contributed by atoms with Gasteiger partial charge in [-0.15, -0.1) is 0 Å². The number of esters is 1. The second-order valence-electron chi connectivity index (χ2n) is 8.85. The molecule has 14 nitrogen and oxygen atoms in total. The molecule has 0 bridgehead atoms.